The molecule has 0 atom stereocenters. The second-order valence-electron chi connectivity index (χ2n) is 8.10. The van der Waals surface area contributed by atoms with E-state index in [0.717, 1.165) is 0 Å². The van der Waals surface area contributed by atoms with Crippen molar-refractivity contribution in [3.05, 3.63) is 88.4 Å². The third kappa shape index (κ3) is 4.99. The van der Waals surface area contributed by atoms with E-state index in [0.29, 0.717) is 36.8 Å². The number of sulfonamides is 1. The van der Waals surface area contributed by atoms with Crippen molar-refractivity contribution >= 4 is 38.9 Å². The van der Waals surface area contributed by atoms with Crippen molar-refractivity contribution in [3.8, 4) is 0 Å². The number of benzene rings is 3. The van der Waals surface area contributed by atoms with Crippen LogP contribution >= 0.6 is 11.6 Å². The van der Waals surface area contributed by atoms with Crippen LogP contribution in [0.15, 0.2) is 71.6 Å². The zero-order chi connectivity index (χ0) is 23.6. The number of hydrogen-bond donors (Lipinski definition) is 1. The van der Waals surface area contributed by atoms with Gasteiger partial charge in [-0.3, -0.25) is 9.52 Å². The first-order valence-corrected chi connectivity index (χ1v) is 12.6. The lowest BCUT2D eigenvalue weighted by atomic mass is 10.1. The number of amides is 1. The van der Waals surface area contributed by atoms with Crippen LogP contribution in [0.3, 0.4) is 0 Å². The van der Waals surface area contributed by atoms with Gasteiger partial charge in [-0.25, -0.2) is 8.42 Å². The maximum atomic E-state index is 13.3. The van der Waals surface area contributed by atoms with E-state index >= 15 is 0 Å². The van der Waals surface area contributed by atoms with Gasteiger partial charge in [0.25, 0.3) is 15.9 Å². The van der Waals surface area contributed by atoms with Gasteiger partial charge < -0.3 is 9.80 Å². The summed E-state index contributed by atoms with van der Waals surface area (Å²) in [5.74, 6) is -0.190. The van der Waals surface area contributed by atoms with Gasteiger partial charge in [-0.15, -0.1) is 0 Å². The first-order valence-electron chi connectivity index (χ1n) is 10.7. The lowest BCUT2D eigenvalue weighted by Crippen LogP contribution is -2.49. The number of carbonyl (C=O) groups excluding carboxylic acids is 1. The van der Waals surface area contributed by atoms with Crippen LogP contribution in [0.2, 0.25) is 5.02 Å². The quantitative estimate of drug-likeness (QED) is 0.570. The molecule has 1 aliphatic rings. The highest BCUT2D eigenvalue weighted by Gasteiger charge is 2.26. The van der Waals surface area contributed by atoms with E-state index in [1.54, 1.807) is 29.2 Å². The molecule has 8 heteroatoms. The summed E-state index contributed by atoms with van der Waals surface area (Å²) in [5, 5.41) is 0.449. The Labute approximate surface area is 199 Å². The van der Waals surface area contributed by atoms with Gasteiger partial charge in [0.1, 0.15) is 0 Å². The second-order valence-corrected chi connectivity index (χ2v) is 10.2. The normalized spacial score (nSPS) is 14.3. The number of rotatable bonds is 5. The molecule has 1 N–H and O–H groups in total. The first-order chi connectivity index (χ1) is 15.8. The number of aryl methyl sites for hydroxylation is 1. The fourth-order valence-electron chi connectivity index (χ4n) is 3.98. The maximum absolute atomic E-state index is 13.3. The van der Waals surface area contributed by atoms with Gasteiger partial charge in [0.15, 0.2) is 0 Å². The molecule has 3 aromatic carbocycles. The zero-order valence-corrected chi connectivity index (χ0v) is 20.2. The Morgan fingerprint density at radius 3 is 2.24 bits per heavy atom. The van der Waals surface area contributed by atoms with Gasteiger partial charge in [-0.2, -0.15) is 0 Å². The fourth-order valence-corrected chi connectivity index (χ4v) is 5.18. The Morgan fingerprint density at radius 2 is 1.55 bits per heavy atom. The number of nitrogens with one attached hydrogen (secondary N) is 1. The van der Waals surface area contributed by atoms with Crippen LogP contribution in [0.1, 0.15) is 21.5 Å². The molecule has 1 saturated heterocycles. The van der Waals surface area contributed by atoms with Crippen molar-refractivity contribution < 1.29 is 13.2 Å². The zero-order valence-electron chi connectivity index (χ0n) is 18.6. The Balaban J connectivity index is 1.50. The molecule has 1 aliphatic heterocycles. The second kappa shape index (κ2) is 9.45. The predicted octanol–water partition coefficient (Wildman–Crippen LogP) is 4.72. The molecule has 0 spiro atoms. The van der Waals surface area contributed by atoms with Crippen LogP contribution < -0.4 is 9.62 Å². The van der Waals surface area contributed by atoms with Gasteiger partial charge in [-0.1, -0.05) is 35.9 Å². The van der Waals surface area contributed by atoms with Crippen LogP contribution in [-0.2, 0) is 10.0 Å². The Kier molecular flexibility index (Phi) is 6.63. The van der Waals surface area contributed by atoms with Crippen molar-refractivity contribution in [2.24, 2.45) is 0 Å². The average Bonchev–Trinajstić information content (AvgIpc) is 2.81. The molecule has 33 heavy (non-hydrogen) atoms. The van der Waals surface area contributed by atoms with Crippen LogP contribution in [0.5, 0.6) is 0 Å². The summed E-state index contributed by atoms with van der Waals surface area (Å²) in [4.78, 5) is 17.5. The molecule has 4 rings (SSSR count). The maximum Gasteiger partial charge on any atom is 0.261 e. The van der Waals surface area contributed by atoms with Crippen molar-refractivity contribution in [1.82, 2.24) is 4.90 Å². The molecule has 172 valence electrons. The van der Waals surface area contributed by atoms with E-state index < -0.39 is 10.0 Å². The number of para-hydroxylation sites is 1. The highest BCUT2D eigenvalue weighted by molar-refractivity contribution is 7.92. The average molecular weight is 484 g/mol. The van der Waals surface area contributed by atoms with Crippen LogP contribution in [0, 0.1) is 13.8 Å². The third-order valence-electron chi connectivity index (χ3n) is 6.01. The van der Waals surface area contributed by atoms with E-state index in [9.17, 15) is 13.2 Å². The summed E-state index contributed by atoms with van der Waals surface area (Å²) < 4.78 is 28.2. The molecule has 0 radical (unpaired) electrons. The van der Waals surface area contributed by atoms with Gasteiger partial charge >= 0.3 is 0 Å². The van der Waals surface area contributed by atoms with E-state index in [4.69, 9.17) is 11.6 Å². The lowest BCUT2D eigenvalue weighted by molar-refractivity contribution is 0.0748. The lowest BCUT2D eigenvalue weighted by Gasteiger charge is -2.37. The monoisotopic (exact) mass is 483 g/mol. The minimum atomic E-state index is -3.86. The summed E-state index contributed by atoms with van der Waals surface area (Å²) in [6.07, 6.45) is 0. The largest absolute Gasteiger partial charge is 0.368 e. The summed E-state index contributed by atoms with van der Waals surface area (Å²) in [5.41, 5.74) is 4.27. The third-order valence-corrected chi connectivity index (χ3v) is 7.64. The molecule has 3 aromatic rings. The van der Waals surface area contributed by atoms with E-state index in [-0.39, 0.29) is 16.5 Å². The molecule has 1 fully saturated rings. The standard InChI is InChI=1S/C25H26ClN3O3S/c1-18-6-5-9-24(19(18)2)28-14-16-29(17-15-28)25(30)22-7-3-4-8-23(22)27-33(31,32)21-12-10-20(26)11-13-21/h3-13,27H,14-17H2,1-2H3. The minimum absolute atomic E-state index is 0.0799. The van der Waals surface area contributed by atoms with Gasteiger partial charge in [0.05, 0.1) is 16.1 Å². The van der Waals surface area contributed by atoms with Gasteiger partial charge in [0.2, 0.25) is 0 Å². The number of nitrogens with zero attached hydrogens (tertiary/aromatic N) is 2. The molecule has 0 saturated carbocycles. The van der Waals surface area contributed by atoms with E-state index in [1.807, 2.05) is 0 Å². The van der Waals surface area contributed by atoms with E-state index in [1.165, 1.54) is 41.1 Å². The van der Waals surface area contributed by atoms with Crippen LogP contribution in [0.4, 0.5) is 11.4 Å². The minimum Gasteiger partial charge on any atom is -0.368 e. The number of anilines is 2. The summed E-state index contributed by atoms with van der Waals surface area (Å²) in [7, 11) is -3.86. The SMILES string of the molecule is Cc1cccc(N2CCN(C(=O)c3ccccc3NS(=O)(=O)c3ccc(Cl)cc3)CC2)c1C. The Bertz CT molecular complexity index is 1270. The molecule has 0 aliphatic carbocycles. The van der Waals surface area contributed by atoms with Crippen LogP contribution in [0.25, 0.3) is 0 Å². The summed E-state index contributed by atoms with van der Waals surface area (Å²) in [6.45, 7) is 6.77. The molecule has 0 bridgehead atoms. The Morgan fingerprint density at radius 1 is 0.879 bits per heavy atom. The van der Waals surface area contributed by atoms with Gasteiger partial charge in [-0.05, 0) is 67.4 Å². The highest BCUT2D eigenvalue weighted by Crippen LogP contribution is 2.26. The Hall–Kier alpha value is -3.03. The highest BCUT2D eigenvalue weighted by atomic mass is 35.5. The van der Waals surface area contributed by atoms with Crippen molar-refractivity contribution in [2.45, 2.75) is 18.7 Å². The van der Waals surface area contributed by atoms with Crippen molar-refractivity contribution in [2.75, 3.05) is 35.8 Å². The van der Waals surface area contributed by atoms with Gasteiger partial charge in [0, 0.05) is 36.9 Å². The summed E-state index contributed by atoms with van der Waals surface area (Å²) >= 11 is 5.87. The number of halogens is 1. The number of piperazine rings is 1. The molecular formula is C25H26ClN3O3S. The number of hydrogen-bond acceptors (Lipinski definition) is 4. The van der Waals surface area contributed by atoms with Crippen molar-refractivity contribution in [1.29, 1.82) is 0 Å². The molecule has 1 amide bonds. The first kappa shape index (κ1) is 23.1. The number of carbonyl (C=O) groups is 1. The van der Waals surface area contributed by atoms with E-state index in [2.05, 4.69) is 41.7 Å². The molecule has 6 nitrogen and oxygen atoms in total. The fraction of sp³-hybridized carbons (Fsp3) is 0.240. The predicted molar refractivity (Wildman–Crippen MR) is 133 cm³/mol. The summed E-state index contributed by atoms with van der Waals surface area (Å²) in [6, 6.07) is 18.9. The van der Waals surface area contributed by atoms with Crippen LogP contribution in [-0.4, -0.2) is 45.4 Å². The van der Waals surface area contributed by atoms with Crippen molar-refractivity contribution in [3.63, 3.8) is 0 Å². The topological polar surface area (TPSA) is 69.7 Å². The molecule has 0 unspecified atom stereocenters. The molecule has 0 aromatic heterocycles. The molecule has 1 heterocycles. The smallest absolute Gasteiger partial charge is 0.261 e. The molecular weight excluding hydrogens is 458 g/mol.